The van der Waals surface area contributed by atoms with Gasteiger partial charge in [-0.05, 0) is 19.5 Å². The second-order valence-electron chi connectivity index (χ2n) is 4.16. The van der Waals surface area contributed by atoms with Gasteiger partial charge >= 0.3 is 0 Å². The molecule has 1 aromatic heterocycles. The molecular weight excluding hydrogens is 232 g/mol. The molecule has 0 aromatic carbocycles. The molecule has 0 radical (unpaired) electrons. The third kappa shape index (κ3) is 3.10. The van der Waals surface area contributed by atoms with Gasteiger partial charge in [0, 0.05) is 31.4 Å². The Morgan fingerprint density at radius 1 is 1.33 bits per heavy atom. The Hall–Kier alpha value is -1.82. The Morgan fingerprint density at radius 3 is 2.50 bits per heavy atom. The highest BCUT2D eigenvalue weighted by Crippen LogP contribution is 2.20. The highest BCUT2D eigenvalue weighted by Gasteiger charge is 2.21. The predicted octanol–water partition coefficient (Wildman–Crippen LogP) is -0.528. The van der Waals surface area contributed by atoms with E-state index in [9.17, 15) is 9.59 Å². The normalized spacial score (nSPS) is 10.4. The summed E-state index contributed by atoms with van der Waals surface area (Å²) in [7, 11) is 3.42. The molecule has 0 atom stereocenters. The number of H-pyrrole nitrogens is 1. The Kier molecular flexibility index (Phi) is 4.91. The predicted molar refractivity (Wildman–Crippen MR) is 69.4 cm³/mol. The molecular formula is C12H20N4O2. The number of amides is 2. The van der Waals surface area contributed by atoms with E-state index in [4.69, 9.17) is 5.73 Å². The van der Waals surface area contributed by atoms with Crippen LogP contribution in [0, 0.1) is 6.92 Å². The van der Waals surface area contributed by atoms with Crippen molar-refractivity contribution in [1.29, 1.82) is 0 Å². The van der Waals surface area contributed by atoms with E-state index in [0.29, 0.717) is 17.5 Å². The van der Waals surface area contributed by atoms with E-state index in [1.165, 1.54) is 0 Å². The molecule has 1 rings (SSSR count). The Morgan fingerprint density at radius 2 is 2.00 bits per heavy atom. The quantitative estimate of drug-likeness (QED) is 0.547. The van der Waals surface area contributed by atoms with E-state index in [-0.39, 0.29) is 12.3 Å². The van der Waals surface area contributed by atoms with E-state index >= 15 is 0 Å². The minimum absolute atomic E-state index is 0.0740. The van der Waals surface area contributed by atoms with Gasteiger partial charge in [0.05, 0.1) is 12.0 Å². The number of carbonyl (C=O) groups is 2. The number of hydrogen-bond donors (Lipinski definition) is 4. The molecule has 0 aliphatic rings. The number of primary amides is 1. The van der Waals surface area contributed by atoms with E-state index in [1.54, 1.807) is 7.05 Å². The van der Waals surface area contributed by atoms with Crippen LogP contribution in [0.3, 0.4) is 0 Å². The number of nitrogens with one attached hydrogen (secondary N) is 3. The van der Waals surface area contributed by atoms with E-state index in [2.05, 4.69) is 15.6 Å². The molecule has 100 valence electrons. The Labute approximate surface area is 106 Å². The third-order valence-corrected chi connectivity index (χ3v) is 2.82. The summed E-state index contributed by atoms with van der Waals surface area (Å²) >= 11 is 0. The molecule has 0 fully saturated rings. The fraction of sp³-hybridized carbons (Fsp3) is 0.500. The van der Waals surface area contributed by atoms with Crippen LogP contribution < -0.4 is 16.4 Å². The van der Waals surface area contributed by atoms with Gasteiger partial charge < -0.3 is 21.4 Å². The maximum absolute atomic E-state index is 11.9. The SMILES string of the molecule is CNCCc1[nH]c(C)c(CC(N)=O)c1C(=O)NC. The highest BCUT2D eigenvalue weighted by atomic mass is 16.2. The maximum Gasteiger partial charge on any atom is 0.253 e. The minimum atomic E-state index is -0.442. The number of nitrogens with two attached hydrogens (primary N) is 1. The monoisotopic (exact) mass is 252 g/mol. The largest absolute Gasteiger partial charge is 0.369 e. The number of aromatic nitrogens is 1. The number of carbonyl (C=O) groups excluding carboxylic acids is 2. The van der Waals surface area contributed by atoms with Crippen LogP contribution in [0.5, 0.6) is 0 Å². The van der Waals surface area contributed by atoms with Gasteiger partial charge in [-0.25, -0.2) is 0 Å². The topological polar surface area (TPSA) is 100 Å². The molecule has 0 bridgehead atoms. The summed E-state index contributed by atoms with van der Waals surface area (Å²) in [4.78, 5) is 26.1. The summed E-state index contributed by atoms with van der Waals surface area (Å²) in [5.74, 6) is -0.635. The van der Waals surface area contributed by atoms with Crippen molar-refractivity contribution in [2.24, 2.45) is 5.73 Å². The zero-order valence-corrected chi connectivity index (χ0v) is 11.0. The second kappa shape index (κ2) is 6.20. The summed E-state index contributed by atoms with van der Waals surface area (Å²) in [6.45, 7) is 2.59. The summed E-state index contributed by atoms with van der Waals surface area (Å²) in [5, 5.41) is 5.62. The van der Waals surface area contributed by atoms with E-state index in [1.807, 2.05) is 14.0 Å². The lowest BCUT2D eigenvalue weighted by atomic mass is 10.0. The van der Waals surface area contributed by atoms with Gasteiger partial charge in [-0.15, -0.1) is 0 Å². The fourth-order valence-corrected chi connectivity index (χ4v) is 1.97. The van der Waals surface area contributed by atoms with Gasteiger partial charge in [0.25, 0.3) is 5.91 Å². The minimum Gasteiger partial charge on any atom is -0.369 e. The van der Waals surface area contributed by atoms with Crippen LogP contribution in [0.1, 0.15) is 27.3 Å². The van der Waals surface area contributed by atoms with Crippen LogP contribution in [0.25, 0.3) is 0 Å². The number of aryl methyl sites for hydroxylation is 1. The molecule has 0 aliphatic carbocycles. The van der Waals surface area contributed by atoms with Gasteiger partial charge in [-0.1, -0.05) is 0 Å². The van der Waals surface area contributed by atoms with Crippen LogP contribution >= 0.6 is 0 Å². The summed E-state index contributed by atoms with van der Waals surface area (Å²) in [6.07, 6.45) is 0.767. The first-order valence-corrected chi connectivity index (χ1v) is 5.86. The molecule has 0 aliphatic heterocycles. The molecule has 6 nitrogen and oxygen atoms in total. The first-order valence-electron chi connectivity index (χ1n) is 5.86. The van der Waals surface area contributed by atoms with Crippen LogP contribution in [-0.2, 0) is 17.6 Å². The first kappa shape index (κ1) is 14.2. The van der Waals surface area contributed by atoms with Crippen LogP contribution in [0.4, 0.5) is 0 Å². The lowest BCUT2D eigenvalue weighted by Crippen LogP contribution is -2.23. The summed E-state index contributed by atoms with van der Waals surface area (Å²) in [5.41, 5.74) is 8.10. The summed E-state index contributed by atoms with van der Waals surface area (Å²) < 4.78 is 0. The van der Waals surface area contributed by atoms with Gasteiger partial charge in [0.2, 0.25) is 5.91 Å². The van der Waals surface area contributed by atoms with Crippen molar-refractivity contribution >= 4 is 11.8 Å². The van der Waals surface area contributed by atoms with Crippen molar-refractivity contribution in [2.45, 2.75) is 19.8 Å². The van der Waals surface area contributed by atoms with Crippen LogP contribution in [-0.4, -0.2) is 37.4 Å². The standard InChI is InChI=1S/C12H20N4O2/c1-7-8(6-10(13)17)11(12(18)15-3)9(16-7)4-5-14-2/h14,16H,4-6H2,1-3H3,(H2,13,17)(H,15,18). The Balaban J connectivity index is 3.18. The van der Waals surface area contributed by atoms with Crippen molar-refractivity contribution in [3.8, 4) is 0 Å². The second-order valence-corrected chi connectivity index (χ2v) is 4.16. The molecule has 2 amide bonds. The molecule has 1 aromatic rings. The van der Waals surface area contributed by atoms with E-state index in [0.717, 1.165) is 17.9 Å². The van der Waals surface area contributed by atoms with Crippen molar-refractivity contribution in [2.75, 3.05) is 20.6 Å². The van der Waals surface area contributed by atoms with Crippen LogP contribution in [0.15, 0.2) is 0 Å². The number of hydrogen-bond acceptors (Lipinski definition) is 3. The average molecular weight is 252 g/mol. The number of aromatic amines is 1. The van der Waals surface area contributed by atoms with E-state index < -0.39 is 5.91 Å². The molecule has 6 heteroatoms. The van der Waals surface area contributed by atoms with Gasteiger partial charge in [-0.2, -0.15) is 0 Å². The molecule has 0 spiro atoms. The molecule has 1 heterocycles. The average Bonchev–Trinajstić information content (AvgIpc) is 2.62. The van der Waals surface area contributed by atoms with Gasteiger partial charge in [0.1, 0.15) is 0 Å². The number of rotatable bonds is 6. The maximum atomic E-state index is 11.9. The zero-order chi connectivity index (χ0) is 13.7. The van der Waals surface area contributed by atoms with Crippen molar-refractivity contribution in [3.05, 3.63) is 22.5 Å². The summed E-state index contributed by atoms with van der Waals surface area (Å²) in [6, 6.07) is 0. The van der Waals surface area contributed by atoms with Crippen molar-refractivity contribution in [3.63, 3.8) is 0 Å². The Bertz CT molecular complexity index is 451. The first-order chi connectivity index (χ1) is 8.51. The lowest BCUT2D eigenvalue weighted by molar-refractivity contribution is -0.117. The van der Waals surface area contributed by atoms with Gasteiger partial charge in [0.15, 0.2) is 0 Å². The lowest BCUT2D eigenvalue weighted by Gasteiger charge is -2.05. The molecule has 5 N–H and O–H groups in total. The fourth-order valence-electron chi connectivity index (χ4n) is 1.97. The molecule has 0 saturated carbocycles. The molecule has 18 heavy (non-hydrogen) atoms. The number of likely N-dealkylation sites (N-methyl/N-ethyl adjacent to an activating group) is 1. The van der Waals surface area contributed by atoms with Crippen molar-refractivity contribution in [1.82, 2.24) is 15.6 Å². The van der Waals surface area contributed by atoms with Gasteiger partial charge in [-0.3, -0.25) is 9.59 Å². The highest BCUT2D eigenvalue weighted by molar-refractivity contribution is 5.98. The third-order valence-electron chi connectivity index (χ3n) is 2.82. The zero-order valence-electron chi connectivity index (χ0n) is 11.0. The van der Waals surface area contributed by atoms with Crippen LogP contribution in [0.2, 0.25) is 0 Å². The smallest absolute Gasteiger partial charge is 0.253 e. The molecule has 0 unspecified atom stereocenters. The molecule has 0 saturated heterocycles. The van der Waals surface area contributed by atoms with Crippen molar-refractivity contribution < 1.29 is 9.59 Å².